The van der Waals surface area contributed by atoms with E-state index in [2.05, 4.69) is 4.72 Å². The first-order valence-corrected chi connectivity index (χ1v) is 7.33. The smallest absolute Gasteiger partial charge is 0.212 e. The van der Waals surface area contributed by atoms with Crippen molar-refractivity contribution in [2.75, 3.05) is 25.6 Å². The average molecular weight is 251 g/mol. The van der Waals surface area contributed by atoms with Crippen molar-refractivity contribution in [2.24, 2.45) is 0 Å². The summed E-state index contributed by atoms with van der Waals surface area (Å²) in [5.41, 5.74) is -0.365. The number of hydrogen-bond acceptors (Lipinski definition) is 4. The van der Waals surface area contributed by atoms with Crippen LogP contribution in [0.25, 0.3) is 0 Å². The minimum atomic E-state index is -3.23. The quantitative estimate of drug-likeness (QED) is 0.663. The highest BCUT2D eigenvalue weighted by atomic mass is 32.2. The summed E-state index contributed by atoms with van der Waals surface area (Å²) in [5, 5.41) is 8.60. The third-order valence-corrected chi connectivity index (χ3v) is 4.45. The number of nitrogens with one attached hydrogen (secondary N) is 1. The second-order valence-electron chi connectivity index (χ2n) is 4.52. The Bertz CT molecular complexity index is 296. The molecule has 96 valence electrons. The molecule has 0 radical (unpaired) electrons. The van der Waals surface area contributed by atoms with Crippen LogP contribution in [0.2, 0.25) is 0 Å². The Balaban J connectivity index is 2.44. The van der Waals surface area contributed by atoms with Gasteiger partial charge in [-0.2, -0.15) is 0 Å². The largest absolute Gasteiger partial charge is 0.396 e. The van der Waals surface area contributed by atoms with Gasteiger partial charge >= 0.3 is 0 Å². The molecule has 0 aromatic carbocycles. The standard InChI is InChI=1S/C10H21NO4S/c1-10(4-7-15-8-5-10)11-16(13,14)9-3-2-6-12/h11-12H,2-9H2,1H3. The van der Waals surface area contributed by atoms with Crippen LogP contribution in [0.5, 0.6) is 0 Å². The molecule has 1 fully saturated rings. The lowest BCUT2D eigenvalue weighted by Crippen LogP contribution is -2.50. The number of ether oxygens (including phenoxy) is 1. The maximum atomic E-state index is 11.7. The molecule has 0 spiro atoms. The Hall–Kier alpha value is -0.170. The van der Waals surface area contributed by atoms with Gasteiger partial charge in [-0.1, -0.05) is 0 Å². The second-order valence-corrected chi connectivity index (χ2v) is 6.37. The first kappa shape index (κ1) is 13.9. The summed E-state index contributed by atoms with van der Waals surface area (Å²) >= 11 is 0. The van der Waals surface area contributed by atoms with E-state index in [1.54, 1.807) is 0 Å². The Morgan fingerprint density at radius 1 is 1.31 bits per heavy atom. The summed E-state index contributed by atoms with van der Waals surface area (Å²) in [4.78, 5) is 0. The number of aliphatic hydroxyl groups excluding tert-OH is 1. The van der Waals surface area contributed by atoms with Gasteiger partial charge in [0.25, 0.3) is 0 Å². The zero-order valence-corrected chi connectivity index (χ0v) is 10.6. The van der Waals surface area contributed by atoms with E-state index in [0.717, 1.165) is 0 Å². The van der Waals surface area contributed by atoms with E-state index in [1.165, 1.54) is 0 Å². The van der Waals surface area contributed by atoms with E-state index in [1.807, 2.05) is 6.92 Å². The topological polar surface area (TPSA) is 75.6 Å². The molecule has 0 aromatic heterocycles. The number of sulfonamides is 1. The molecule has 0 amide bonds. The van der Waals surface area contributed by atoms with Gasteiger partial charge in [0.1, 0.15) is 0 Å². The Morgan fingerprint density at radius 3 is 2.50 bits per heavy atom. The molecule has 0 saturated carbocycles. The van der Waals surface area contributed by atoms with Crippen molar-refractivity contribution in [3.63, 3.8) is 0 Å². The van der Waals surface area contributed by atoms with Gasteiger partial charge in [-0.3, -0.25) is 0 Å². The van der Waals surface area contributed by atoms with E-state index in [-0.39, 0.29) is 17.9 Å². The minimum Gasteiger partial charge on any atom is -0.396 e. The monoisotopic (exact) mass is 251 g/mol. The Kier molecular flexibility index (Phi) is 5.17. The lowest BCUT2D eigenvalue weighted by molar-refractivity contribution is 0.0537. The Labute approximate surface area is 97.2 Å². The molecule has 16 heavy (non-hydrogen) atoms. The summed E-state index contributed by atoms with van der Waals surface area (Å²) in [5.74, 6) is 0.0873. The van der Waals surface area contributed by atoms with Crippen molar-refractivity contribution in [1.29, 1.82) is 0 Å². The second kappa shape index (κ2) is 5.95. The van der Waals surface area contributed by atoms with Gasteiger partial charge in [-0.15, -0.1) is 0 Å². The van der Waals surface area contributed by atoms with Crippen molar-refractivity contribution in [1.82, 2.24) is 4.72 Å². The van der Waals surface area contributed by atoms with Crippen molar-refractivity contribution in [3.05, 3.63) is 0 Å². The summed E-state index contributed by atoms with van der Waals surface area (Å²) in [6, 6.07) is 0. The molecule has 0 atom stereocenters. The fourth-order valence-electron chi connectivity index (χ4n) is 1.75. The van der Waals surface area contributed by atoms with E-state index < -0.39 is 10.0 Å². The van der Waals surface area contributed by atoms with Crippen LogP contribution < -0.4 is 4.72 Å². The molecular formula is C10H21NO4S. The average Bonchev–Trinajstić information content (AvgIpc) is 2.17. The van der Waals surface area contributed by atoms with Crippen LogP contribution in [0.3, 0.4) is 0 Å². The molecule has 1 aliphatic heterocycles. The predicted octanol–water partition coefficient (Wildman–Crippen LogP) is 0.247. The summed E-state index contributed by atoms with van der Waals surface area (Å²) in [7, 11) is -3.23. The van der Waals surface area contributed by atoms with Gasteiger partial charge in [0.05, 0.1) is 5.75 Å². The molecule has 5 nitrogen and oxygen atoms in total. The molecule has 0 aromatic rings. The molecule has 0 unspecified atom stereocenters. The van der Waals surface area contributed by atoms with Crippen LogP contribution in [0.4, 0.5) is 0 Å². The van der Waals surface area contributed by atoms with Gasteiger partial charge in [0.2, 0.25) is 10.0 Å². The molecule has 1 aliphatic rings. The van der Waals surface area contributed by atoms with E-state index in [9.17, 15) is 8.42 Å². The van der Waals surface area contributed by atoms with Crippen LogP contribution >= 0.6 is 0 Å². The van der Waals surface area contributed by atoms with Crippen LogP contribution in [0.1, 0.15) is 32.6 Å². The van der Waals surface area contributed by atoms with Gasteiger partial charge < -0.3 is 9.84 Å². The van der Waals surface area contributed by atoms with Crippen LogP contribution in [0.15, 0.2) is 0 Å². The van der Waals surface area contributed by atoms with Crippen molar-refractivity contribution in [2.45, 2.75) is 38.1 Å². The van der Waals surface area contributed by atoms with Crippen LogP contribution in [0, 0.1) is 0 Å². The van der Waals surface area contributed by atoms with Crippen molar-refractivity contribution < 1.29 is 18.3 Å². The fourth-order valence-corrected chi connectivity index (χ4v) is 3.40. The molecule has 0 bridgehead atoms. The zero-order chi connectivity index (χ0) is 12.1. The SMILES string of the molecule is CC1(NS(=O)(=O)CCCCO)CCOCC1. The number of unbranched alkanes of at least 4 members (excludes halogenated alkanes) is 1. The molecule has 6 heteroatoms. The van der Waals surface area contributed by atoms with E-state index in [0.29, 0.717) is 38.9 Å². The summed E-state index contributed by atoms with van der Waals surface area (Å²) < 4.78 is 31.4. The first-order valence-electron chi connectivity index (χ1n) is 5.68. The van der Waals surface area contributed by atoms with Crippen molar-refractivity contribution >= 4 is 10.0 Å². The van der Waals surface area contributed by atoms with Crippen LogP contribution in [-0.2, 0) is 14.8 Å². The number of rotatable bonds is 6. The van der Waals surface area contributed by atoms with Gasteiger partial charge in [-0.05, 0) is 32.6 Å². The molecule has 1 heterocycles. The lowest BCUT2D eigenvalue weighted by atomic mass is 9.94. The zero-order valence-electron chi connectivity index (χ0n) is 9.74. The van der Waals surface area contributed by atoms with E-state index in [4.69, 9.17) is 9.84 Å². The fraction of sp³-hybridized carbons (Fsp3) is 1.00. The third-order valence-electron chi connectivity index (χ3n) is 2.82. The minimum absolute atomic E-state index is 0.0423. The molecule has 0 aliphatic carbocycles. The maximum Gasteiger partial charge on any atom is 0.212 e. The summed E-state index contributed by atoms with van der Waals surface area (Å²) in [6.07, 6.45) is 2.46. The predicted molar refractivity (Wildman–Crippen MR) is 61.7 cm³/mol. The van der Waals surface area contributed by atoms with Gasteiger partial charge in [0.15, 0.2) is 0 Å². The van der Waals surface area contributed by atoms with Gasteiger partial charge in [-0.25, -0.2) is 13.1 Å². The third kappa shape index (κ3) is 4.78. The normalized spacial score (nSPS) is 20.9. The molecule has 2 N–H and O–H groups in total. The highest BCUT2D eigenvalue weighted by Gasteiger charge is 2.31. The highest BCUT2D eigenvalue weighted by molar-refractivity contribution is 7.89. The Morgan fingerprint density at radius 2 is 1.94 bits per heavy atom. The lowest BCUT2D eigenvalue weighted by Gasteiger charge is -2.34. The summed E-state index contributed by atoms with van der Waals surface area (Å²) in [6.45, 7) is 3.17. The maximum absolute atomic E-state index is 11.7. The van der Waals surface area contributed by atoms with Crippen molar-refractivity contribution in [3.8, 4) is 0 Å². The number of hydrogen-bond donors (Lipinski definition) is 2. The highest BCUT2D eigenvalue weighted by Crippen LogP contribution is 2.20. The molecule has 1 rings (SSSR count). The molecular weight excluding hydrogens is 230 g/mol. The molecule has 1 saturated heterocycles. The van der Waals surface area contributed by atoms with Gasteiger partial charge in [0, 0.05) is 25.4 Å². The van der Waals surface area contributed by atoms with Crippen LogP contribution in [-0.4, -0.2) is 44.6 Å². The number of aliphatic hydroxyl groups is 1. The first-order chi connectivity index (χ1) is 7.47. The van der Waals surface area contributed by atoms with E-state index >= 15 is 0 Å².